The molecule has 1 unspecified atom stereocenters. The summed E-state index contributed by atoms with van der Waals surface area (Å²) in [4.78, 5) is 0. The molecule has 0 aliphatic carbocycles. The summed E-state index contributed by atoms with van der Waals surface area (Å²) in [7, 11) is 0. The summed E-state index contributed by atoms with van der Waals surface area (Å²) >= 11 is 5.95. The summed E-state index contributed by atoms with van der Waals surface area (Å²) in [5.41, 5.74) is 4.92. The van der Waals surface area contributed by atoms with Crippen molar-refractivity contribution in [3.8, 4) is 0 Å². The van der Waals surface area contributed by atoms with Crippen molar-refractivity contribution in [2.24, 2.45) is 5.84 Å². The number of benzene rings is 1. The Balaban J connectivity index is 3.07. The van der Waals surface area contributed by atoms with Gasteiger partial charge in [-0.2, -0.15) is 0 Å². The van der Waals surface area contributed by atoms with E-state index in [1.54, 1.807) is 0 Å². The minimum atomic E-state index is 0.142. The molecular formula is C9H13ClN2. The summed E-state index contributed by atoms with van der Waals surface area (Å²) in [5, 5.41) is 0.787. The Morgan fingerprint density at radius 2 is 2.17 bits per heavy atom. The van der Waals surface area contributed by atoms with Gasteiger partial charge in [-0.15, -0.1) is 0 Å². The Hall–Kier alpha value is -0.570. The summed E-state index contributed by atoms with van der Waals surface area (Å²) in [6, 6.07) is 5.97. The summed E-state index contributed by atoms with van der Waals surface area (Å²) in [6.07, 6.45) is 0. The monoisotopic (exact) mass is 184 g/mol. The molecule has 1 aromatic rings. The molecule has 0 fully saturated rings. The molecule has 0 aliphatic rings. The van der Waals surface area contributed by atoms with E-state index < -0.39 is 0 Å². The summed E-state index contributed by atoms with van der Waals surface area (Å²) in [5.74, 6) is 5.33. The molecule has 0 bridgehead atoms. The molecule has 3 heteroatoms. The topological polar surface area (TPSA) is 38.0 Å². The van der Waals surface area contributed by atoms with E-state index in [2.05, 4.69) is 5.43 Å². The molecule has 12 heavy (non-hydrogen) atoms. The first-order valence-corrected chi connectivity index (χ1v) is 4.25. The Morgan fingerprint density at radius 1 is 1.50 bits per heavy atom. The Kier molecular flexibility index (Phi) is 3.09. The second-order valence-electron chi connectivity index (χ2n) is 2.84. The number of rotatable bonds is 2. The number of hydrazine groups is 1. The quantitative estimate of drug-likeness (QED) is 0.546. The van der Waals surface area contributed by atoms with Crippen molar-refractivity contribution >= 4 is 11.6 Å². The van der Waals surface area contributed by atoms with Crippen LogP contribution in [0, 0.1) is 6.92 Å². The average Bonchev–Trinajstić information content (AvgIpc) is 2.08. The van der Waals surface area contributed by atoms with Gasteiger partial charge in [-0.05, 0) is 31.0 Å². The van der Waals surface area contributed by atoms with Crippen molar-refractivity contribution in [1.82, 2.24) is 5.43 Å². The molecule has 1 aromatic carbocycles. The highest BCUT2D eigenvalue weighted by Gasteiger charge is 2.07. The normalized spacial score (nSPS) is 13.0. The zero-order valence-corrected chi connectivity index (χ0v) is 8.02. The summed E-state index contributed by atoms with van der Waals surface area (Å²) < 4.78 is 0. The lowest BCUT2D eigenvalue weighted by molar-refractivity contribution is 0.599. The SMILES string of the molecule is Cc1c(Cl)cccc1C(C)NN. The zero-order chi connectivity index (χ0) is 9.14. The number of hydrogen-bond donors (Lipinski definition) is 2. The van der Waals surface area contributed by atoms with Gasteiger partial charge in [0.2, 0.25) is 0 Å². The lowest BCUT2D eigenvalue weighted by Gasteiger charge is -2.13. The first-order valence-electron chi connectivity index (χ1n) is 3.88. The van der Waals surface area contributed by atoms with Crippen molar-refractivity contribution in [1.29, 1.82) is 0 Å². The van der Waals surface area contributed by atoms with Gasteiger partial charge in [0.25, 0.3) is 0 Å². The molecular weight excluding hydrogens is 172 g/mol. The van der Waals surface area contributed by atoms with Crippen LogP contribution >= 0.6 is 11.6 Å². The van der Waals surface area contributed by atoms with E-state index in [1.807, 2.05) is 32.0 Å². The van der Waals surface area contributed by atoms with Crippen molar-refractivity contribution < 1.29 is 0 Å². The molecule has 0 saturated heterocycles. The van der Waals surface area contributed by atoms with E-state index in [0.29, 0.717) is 0 Å². The van der Waals surface area contributed by atoms with Gasteiger partial charge in [0.1, 0.15) is 0 Å². The average molecular weight is 185 g/mol. The first kappa shape index (κ1) is 9.52. The highest BCUT2D eigenvalue weighted by molar-refractivity contribution is 6.31. The third-order valence-corrected chi connectivity index (χ3v) is 2.44. The van der Waals surface area contributed by atoms with E-state index in [0.717, 1.165) is 16.1 Å². The van der Waals surface area contributed by atoms with Crippen LogP contribution in [0.15, 0.2) is 18.2 Å². The van der Waals surface area contributed by atoms with Crippen molar-refractivity contribution in [2.45, 2.75) is 19.9 Å². The molecule has 0 spiro atoms. The van der Waals surface area contributed by atoms with Crippen LogP contribution in [0.2, 0.25) is 5.02 Å². The van der Waals surface area contributed by atoms with E-state index in [-0.39, 0.29) is 6.04 Å². The van der Waals surface area contributed by atoms with Gasteiger partial charge in [-0.25, -0.2) is 0 Å². The maximum atomic E-state index is 5.95. The van der Waals surface area contributed by atoms with Crippen molar-refractivity contribution in [3.05, 3.63) is 34.3 Å². The minimum absolute atomic E-state index is 0.142. The molecule has 0 heterocycles. The number of hydrogen-bond acceptors (Lipinski definition) is 2. The first-order chi connectivity index (χ1) is 5.66. The molecule has 1 atom stereocenters. The lowest BCUT2D eigenvalue weighted by atomic mass is 10.0. The molecule has 66 valence electrons. The lowest BCUT2D eigenvalue weighted by Crippen LogP contribution is -2.26. The van der Waals surface area contributed by atoms with E-state index >= 15 is 0 Å². The highest BCUT2D eigenvalue weighted by Crippen LogP contribution is 2.23. The predicted molar refractivity (Wildman–Crippen MR) is 51.9 cm³/mol. The molecule has 3 N–H and O–H groups in total. The standard InChI is InChI=1S/C9H13ClN2/c1-6-8(7(2)12-11)4-3-5-9(6)10/h3-5,7,12H,11H2,1-2H3. The second-order valence-corrected chi connectivity index (χ2v) is 3.25. The van der Waals surface area contributed by atoms with Gasteiger partial charge in [0.15, 0.2) is 0 Å². The van der Waals surface area contributed by atoms with Gasteiger partial charge in [0, 0.05) is 11.1 Å². The molecule has 1 rings (SSSR count). The minimum Gasteiger partial charge on any atom is -0.271 e. The van der Waals surface area contributed by atoms with Crippen LogP contribution in [0.4, 0.5) is 0 Å². The number of nitrogens with two attached hydrogens (primary N) is 1. The van der Waals surface area contributed by atoms with Crippen LogP contribution in [-0.4, -0.2) is 0 Å². The molecule has 0 radical (unpaired) electrons. The Bertz CT molecular complexity index is 273. The molecule has 0 saturated carbocycles. The number of nitrogens with one attached hydrogen (secondary N) is 1. The third kappa shape index (κ3) is 1.78. The second kappa shape index (κ2) is 3.90. The fraction of sp³-hybridized carbons (Fsp3) is 0.333. The maximum Gasteiger partial charge on any atom is 0.0438 e. The maximum absolute atomic E-state index is 5.95. The van der Waals surface area contributed by atoms with E-state index in [1.165, 1.54) is 0 Å². The van der Waals surface area contributed by atoms with Crippen LogP contribution in [-0.2, 0) is 0 Å². The van der Waals surface area contributed by atoms with Gasteiger partial charge in [0.05, 0.1) is 0 Å². The number of halogens is 1. The zero-order valence-electron chi connectivity index (χ0n) is 7.26. The highest BCUT2D eigenvalue weighted by atomic mass is 35.5. The molecule has 0 aromatic heterocycles. The van der Waals surface area contributed by atoms with Crippen LogP contribution in [0.1, 0.15) is 24.1 Å². The van der Waals surface area contributed by atoms with Gasteiger partial charge in [-0.3, -0.25) is 11.3 Å². The van der Waals surface area contributed by atoms with E-state index in [9.17, 15) is 0 Å². The largest absolute Gasteiger partial charge is 0.271 e. The predicted octanol–water partition coefficient (Wildman–Crippen LogP) is 2.17. The Labute approximate surface area is 77.7 Å². The van der Waals surface area contributed by atoms with Gasteiger partial charge in [-0.1, -0.05) is 23.7 Å². The molecule has 0 amide bonds. The van der Waals surface area contributed by atoms with Gasteiger partial charge < -0.3 is 0 Å². The van der Waals surface area contributed by atoms with Crippen LogP contribution in [0.25, 0.3) is 0 Å². The summed E-state index contributed by atoms with van der Waals surface area (Å²) in [6.45, 7) is 3.99. The van der Waals surface area contributed by atoms with Crippen LogP contribution in [0.3, 0.4) is 0 Å². The van der Waals surface area contributed by atoms with E-state index in [4.69, 9.17) is 17.4 Å². The smallest absolute Gasteiger partial charge is 0.0438 e. The fourth-order valence-corrected chi connectivity index (χ4v) is 1.36. The fourth-order valence-electron chi connectivity index (χ4n) is 1.18. The van der Waals surface area contributed by atoms with Crippen molar-refractivity contribution in [3.63, 3.8) is 0 Å². The Morgan fingerprint density at radius 3 is 2.75 bits per heavy atom. The van der Waals surface area contributed by atoms with Gasteiger partial charge >= 0.3 is 0 Å². The van der Waals surface area contributed by atoms with Crippen LogP contribution in [0.5, 0.6) is 0 Å². The van der Waals surface area contributed by atoms with Crippen LogP contribution < -0.4 is 11.3 Å². The molecule has 0 aliphatic heterocycles. The van der Waals surface area contributed by atoms with Crippen molar-refractivity contribution in [2.75, 3.05) is 0 Å². The third-order valence-electron chi connectivity index (χ3n) is 2.03. The molecule has 2 nitrogen and oxygen atoms in total.